The largest absolute Gasteiger partial charge is 0.465 e. The summed E-state index contributed by atoms with van der Waals surface area (Å²) in [7, 11) is -2.44. The summed E-state index contributed by atoms with van der Waals surface area (Å²) in [6.07, 6.45) is 1.32. The van der Waals surface area contributed by atoms with Gasteiger partial charge in [-0.15, -0.1) is 11.3 Å². The van der Waals surface area contributed by atoms with Crippen molar-refractivity contribution in [1.29, 1.82) is 0 Å². The van der Waals surface area contributed by atoms with Gasteiger partial charge in [-0.1, -0.05) is 6.07 Å². The van der Waals surface area contributed by atoms with Gasteiger partial charge in [0.2, 0.25) is 10.0 Å². The van der Waals surface area contributed by atoms with Crippen LogP contribution in [0.5, 0.6) is 0 Å². The minimum Gasteiger partial charge on any atom is -0.465 e. The third kappa shape index (κ3) is 3.72. The van der Waals surface area contributed by atoms with E-state index in [1.165, 1.54) is 47.0 Å². The molecule has 2 aromatic rings. The maximum atomic E-state index is 12.9. The molecule has 26 heavy (non-hydrogen) atoms. The van der Waals surface area contributed by atoms with E-state index in [0.717, 1.165) is 0 Å². The van der Waals surface area contributed by atoms with Gasteiger partial charge in [-0.25, -0.2) is 13.2 Å². The summed E-state index contributed by atoms with van der Waals surface area (Å²) >= 11 is 1.37. The first kappa shape index (κ1) is 18.8. The highest BCUT2D eigenvalue weighted by Crippen LogP contribution is 2.27. The average Bonchev–Trinajstić information content (AvgIpc) is 3.21. The molecule has 6 nitrogen and oxygen atoms in total. The third-order valence-electron chi connectivity index (χ3n) is 4.43. The first-order valence-corrected chi connectivity index (χ1v) is 10.5. The highest BCUT2D eigenvalue weighted by Gasteiger charge is 2.33. The molecule has 0 amide bonds. The average molecular weight is 393 g/mol. The zero-order valence-corrected chi connectivity index (χ0v) is 15.9. The number of piperidine rings is 1. The Morgan fingerprint density at radius 3 is 2.54 bits per heavy atom. The molecule has 0 aliphatic carbocycles. The quantitative estimate of drug-likeness (QED) is 0.576. The molecule has 1 aliphatic rings. The summed E-state index contributed by atoms with van der Waals surface area (Å²) in [5, 5.41) is 1.84. The monoisotopic (exact) mass is 393 g/mol. The number of sulfonamides is 1. The smallest absolute Gasteiger partial charge is 0.337 e. The number of ketones is 1. The molecule has 1 saturated heterocycles. The standard InChI is InChI=1S/C18H19NO5S2/c1-24-18(21)13-6-8-15(9-7-13)26(22,23)19-10-2-4-14(12-19)17(20)16-5-3-11-25-16/h3,5-9,11,14H,2,4,10,12H2,1H3/t14-/m1/s1. The summed E-state index contributed by atoms with van der Waals surface area (Å²) < 4.78 is 31.8. The number of thiophene rings is 1. The highest BCUT2D eigenvalue weighted by atomic mass is 32.2. The lowest BCUT2D eigenvalue weighted by Crippen LogP contribution is -2.42. The topological polar surface area (TPSA) is 80.8 Å². The van der Waals surface area contributed by atoms with Crippen LogP contribution in [0.1, 0.15) is 32.9 Å². The molecule has 0 spiro atoms. The zero-order chi connectivity index (χ0) is 18.7. The van der Waals surface area contributed by atoms with E-state index in [4.69, 9.17) is 0 Å². The summed E-state index contributed by atoms with van der Waals surface area (Å²) in [6, 6.07) is 9.23. The lowest BCUT2D eigenvalue weighted by atomic mass is 9.94. The van der Waals surface area contributed by atoms with E-state index in [1.807, 2.05) is 11.4 Å². The number of carbonyl (C=O) groups excluding carboxylic acids is 2. The number of methoxy groups -OCH3 is 1. The van der Waals surface area contributed by atoms with Crippen molar-refractivity contribution in [3.05, 3.63) is 52.2 Å². The lowest BCUT2D eigenvalue weighted by molar-refractivity contribution is 0.0600. The summed E-state index contributed by atoms with van der Waals surface area (Å²) in [6.45, 7) is 0.563. The van der Waals surface area contributed by atoms with Gasteiger partial charge < -0.3 is 4.74 Å². The minimum atomic E-state index is -3.71. The van der Waals surface area contributed by atoms with Crippen molar-refractivity contribution in [3.8, 4) is 0 Å². The molecule has 2 heterocycles. The van der Waals surface area contributed by atoms with Crippen molar-refractivity contribution < 1.29 is 22.7 Å². The van der Waals surface area contributed by atoms with Gasteiger partial charge in [-0.05, 0) is 48.6 Å². The number of Topliss-reactive ketones (excluding diaryl/α,β-unsaturated/α-hetero) is 1. The molecule has 8 heteroatoms. The second kappa shape index (κ2) is 7.69. The molecule has 0 saturated carbocycles. The van der Waals surface area contributed by atoms with Gasteiger partial charge in [0, 0.05) is 19.0 Å². The van der Waals surface area contributed by atoms with E-state index in [9.17, 15) is 18.0 Å². The highest BCUT2D eigenvalue weighted by molar-refractivity contribution is 7.89. The fraction of sp³-hybridized carbons (Fsp3) is 0.333. The third-order valence-corrected chi connectivity index (χ3v) is 7.20. The van der Waals surface area contributed by atoms with Crippen molar-refractivity contribution in [2.24, 2.45) is 5.92 Å². The zero-order valence-electron chi connectivity index (χ0n) is 14.3. The van der Waals surface area contributed by atoms with Gasteiger partial charge in [0.25, 0.3) is 0 Å². The molecule has 0 N–H and O–H groups in total. The normalized spacial score (nSPS) is 18.4. The van der Waals surface area contributed by atoms with E-state index in [2.05, 4.69) is 4.74 Å². The number of esters is 1. The van der Waals surface area contributed by atoms with Gasteiger partial charge in [0.15, 0.2) is 5.78 Å². The van der Waals surface area contributed by atoms with Gasteiger partial charge in [-0.2, -0.15) is 4.31 Å². The van der Waals surface area contributed by atoms with Crippen molar-refractivity contribution in [2.75, 3.05) is 20.2 Å². The Labute approximate surface area is 156 Å². The van der Waals surface area contributed by atoms with Crippen LogP contribution in [0.15, 0.2) is 46.7 Å². The fourth-order valence-corrected chi connectivity index (χ4v) is 5.29. The molecular formula is C18H19NO5S2. The number of hydrogen-bond donors (Lipinski definition) is 0. The molecular weight excluding hydrogens is 374 g/mol. The van der Waals surface area contributed by atoms with Crippen molar-refractivity contribution >= 4 is 33.1 Å². The molecule has 138 valence electrons. The van der Waals surface area contributed by atoms with Crippen LogP contribution in [0.2, 0.25) is 0 Å². The molecule has 3 rings (SSSR count). The number of carbonyl (C=O) groups is 2. The summed E-state index contributed by atoms with van der Waals surface area (Å²) in [5.41, 5.74) is 0.288. The van der Waals surface area contributed by atoms with Gasteiger partial charge in [0.1, 0.15) is 0 Å². The number of hydrogen-bond acceptors (Lipinski definition) is 6. The van der Waals surface area contributed by atoms with Crippen LogP contribution in [0.25, 0.3) is 0 Å². The fourth-order valence-electron chi connectivity index (χ4n) is 3.02. The first-order valence-electron chi connectivity index (χ1n) is 8.19. The van der Waals surface area contributed by atoms with Crippen LogP contribution >= 0.6 is 11.3 Å². The van der Waals surface area contributed by atoms with Gasteiger partial charge in [0.05, 0.1) is 22.4 Å². The Balaban J connectivity index is 1.78. The Morgan fingerprint density at radius 2 is 1.92 bits per heavy atom. The Bertz CT molecular complexity index is 888. The molecule has 1 aromatic heterocycles. The summed E-state index contributed by atoms with van der Waals surface area (Å²) in [4.78, 5) is 24.8. The lowest BCUT2D eigenvalue weighted by Gasteiger charge is -2.31. The van der Waals surface area contributed by atoms with Crippen LogP contribution in [-0.4, -0.2) is 44.7 Å². The Hall–Kier alpha value is -2.03. The molecule has 1 atom stereocenters. The van der Waals surface area contributed by atoms with E-state index in [-0.39, 0.29) is 28.7 Å². The predicted molar refractivity (Wildman–Crippen MR) is 97.9 cm³/mol. The van der Waals surface area contributed by atoms with Crippen LogP contribution in [0, 0.1) is 5.92 Å². The van der Waals surface area contributed by atoms with Crippen LogP contribution in [0.4, 0.5) is 0 Å². The molecule has 1 aliphatic heterocycles. The second-order valence-corrected chi connectivity index (χ2v) is 8.95. The van der Waals surface area contributed by atoms with Gasteiger partial charge in [-0.3, -0.25) is 4.79 Å². The maximum absolute atomic E-state index is 12.9. The molecule has 0 unspecified atom stereocenters. The van der Waals surface area contributed by atoms with E-state index in [0.29, 0.717) is 24.3 Å². The van der Waals surface area contributed by atoms with Crippen LogP contribution in [-0.2, 0) is 14.8 Å². The molecule has 0 bridgehead atoms. The predicted octanol–water partition coefficient (Wildman–Crippen LogP) is 2.82. The minimum absolute atomic E-state index is 0.000870. The van der Waals surface area contributed by atoms with Crippen molar-refractivity contribution in [2.45, 2.75) is 17.7 Å². The first-order chi connectivity index (χ1) is 12.4. The number of rotatable bonds is 5. The van der Waals surface area contributed by atoms with E-state index in [1.54, 1.807) is 6.07 Å². The number of benzene rings is 1. The van der Waals surface area contributed by atoms with Crippen LogP contribution in [0.3, 0.4) is 0 Å². The molecule has 0 radical (unpaired) electrons. The number of nitrogens with zero attached hydrogens (tertiary/aromatic N) is 1. The van der Waals surface area contributed by atoms with E-state index < -0.39 is 16.0 Å². The van der Waals surface area contributed by atoms with Crippen molar-refractivity contribution in [1.82, 2.24) is 4.31 Å². The second-order valence-electron chi connectivity index (χ2n) is 6.06. The van der Waals surface area contributed by atoms with Gasteiger partial charge >= 0.3 is 5.97 Å². The number of ether oxygens (including phenoxy) is 1. The van der Waals surface area contributed by atoms with Crippen LogP contribution < -0.4 is 0 Å². The summed E-state index contributed by atoms with van der Waals surface area (Å²) in [5.74, 6) is -0.846. The molecule has 1 fully saturated rings. The Morgan fingerprint density at radius 1 is 1.19 bits per heavy atom. The SMILES string of the molecule is COC(=O)c1ccc(S(=O)(=O)N2CCC[C@@H](C(=O)c3cccs3)C2)cc1. The van der Waals surface area contributed by atoms with Crippen molar-refractivity contribution in [3.63, 3.8) is 0 Å². The maximum Gasteiger partial charge on any atom is 0.337 e. The Kier molecular flexibility index (Phi) is 5.55. The van der Waals surface area contributed by atoms with E-state index >= 15 is 0 Å². The molecule has 1 aromatic carbocycles.